The predicted molar refractivity (Wildman–Crippen MR) is 67.2 cm³/mol. The van der Waals surface area contributed by atoms with E-state index in [2.05, 4.69) is 44.8 Å². The summed E-state index contributed by atoms with van der Waals surface area (Å²) in [7, 11) is 6.71. The molecule has 1 fully saturated rings. The van der Waals surface area contributed by atoms with Crippen LogP contribution in [0.15, 0.2) is 0 Å². The minimum Gasteiger partial charge on any atom is -0.306 e. The zero-order valence-electron chi connectivity index (χ0n) is 11.2. The Morgan fingerprint density at radius 3 is 1.80 bits per heavy atom. The number of hydrogen-bond acceptors (Lipinski definition) is 2. The van der Waals surface area contributed by atoms with Crippen molar-refractivity contribution in [3.8, 4) is 0 Å². The van der Waals surface area contributed by atoms with Crippen molar-refractivity contribution >= 4 is 0 Å². The zero-order valence-corrected chi connectivity index (χ0v) is 11.2. The number of nitrogens with zero attached hydrogens (tertiary/aromatic N) is 2. The van der Waals surface area contributed by atoms with E-state index in [1.54, 1.807) is 0 Å². The molecule has 15 heavy (non-hydrogen) atoms. The second-order valence-corrected chi connectivity index (χ2v) is 5.76. The molecule has 1 aliphatic carbocycles. The van der Waals surface area contributed by atoms with Gasteiger partial charge in [-0.3, -0.25) is 0 Å². The summed E-state index contributed by atoms with van der Waals surface area (Å²) in [6.07, 6.45) is 5.51. The van der Waals surface area contributed by atoms with Crippen molar-refractivity contribution in [3.63, 3.8) is 0 Å². The molecule has 0 atom stereocenters. The summed E-state index contributed by atoms with van der Waals surface area (Å²) in [6.45, 7) is 5.86. The summed E-state index contributed by atoms with van der Waals surface area (Å²) in [5, 5.41) is 0. The van der Waals surface area contributed by atoms with Crippen LogP contribution in [0.5, 0.6) is 0 Å². The third-order valence-electron chi connectivity index (χ3n) is 3.67. The van der Waals surface area contributed by atoms with Crippen LogP contribution in [0.3, 0.4) is 0 Å². The van der Waals surface area contributed by atoms with Gasteiger partial charge in [-0.2, -0.15) is 0 Å². The Morgan fingerprint density at radius 2 is 1.40 bits per heavy atom. The number of hydrogen-bond donors (Lipinski definition) is 0. The van der Waals surface area contributed by atoms with Gasteiger partial charge in [-0.15, -0.1) is 0 Å². The average molecular weight is 212 g/mol. The molecule has 0 aromatic rings. The minimum absolute atomic E-state index is 0.793. The van der Waals surface area contributed by atoms with Crippen LogP contribution in [-0.2, 0) is 0 Å². The molecule has 1 aliphatic rings. The SMILES string of the molecule is CC(C)CN(C)C1CCC(N(C)C)CC1. The highest BCUT2D eigenvalue weighted by atomic mass is 15.1. The van der Waals surface area contributed by atoms with E-state index in [1.807, 2.05) is 0 Å². The Kier molecular flexibility index (Phi) is 5.07. The van der Waals surface area contributed by atoms with Crippen LogP contribution in [0.1, 0.15) is 39.5 Å². The van der Waals surface area contributed by atoms with Gasteiger partial charge >= 0.3 is 0 Å². The topological polar surface area (TPSA) is 6.48 Å². The largest absolute Gasteiger partial charge is 0.306 e. The molecule has 0 radical (unpaired) electrons. The molecule has 2 nitrogen and oxygen atoms in total. The Bertz CT molecular complexity index is 169. The van der Waals surface area contributed by atoms with Crippen molar-refractivity contribution in [1.29, 1.82) is 0 Å². The van der Waals surface area contributed by atoms with Crippen molar-refractivity contribution in [1.82, 2.24) is 9.80 Å². The molecule has 0 bridgehead atoms. The molecule has 0 unspecified atom stereocenters. The number of rotatable bonds is 4. The molecule has 0 aliphatic heterocycles. The van der Waals surface area contributed by atoms with Crippen LogP contribution in [0, 0.1) is 5.92 Å². The molecule has 90 valence electrons. The third kappa shape index (κ3) is 4.12. The molecule has 0 saturated heterocycles. The second-order valence-electron chi connectivity index (χ2n) is 5.76. The van der Waals surface area contributed by atoms with Gasteiger partial charge < -0.3 is 9.80 Å². The first kappa shape index (κ1) is 13.0. The Hall–Kier alpha value is -0.0800. The highest BCUT2D eigenvalue weighted by molar-refractivity contribution is 4.81. The normalized spacial score (nSPS) is 28.0. The van der Waals surface area contributed by atoms with E-state index >= 15 is 0 Å². The van der Waals surface area contributed by atoms with Crippen molar-refractivity contribution in [2.75, 3.05) is 27.7 Å². The molecule has 0 aromatic carbocycles. The summed E-state index contributed by atoms with van der Waals surface area (Å²) >= 11 is 0. The molecular formula is C13H28N2. The Morgan fingerprint density at radius 1 is 0.933 bits per heavy atom. The van der Waals surface area contributed by atoms with Gasteiger partial charge in [-0.25, -0.2) is 0 Å². The minimum atomic E-state index is 0.793. The van der Waals surface area contributed by atoms with Crippen LogP contribution < -0.4 is 0 Å². The van der Waals surface area contributed by atoms with Gasteiger partial charge in [0.05, 0.1) is 0 Å². The van der Waals surface area contributed by atoms with E-state index in [0.29, 0.717) is 0 Å². The average Bonchev–Trinajstić information content (AvgIpc) is 2.17. The lowest BCUT2D eigenvalue weighted by Gasteiger charge is -2.37. The Labute approximate surface area is 95.6 Å². The van der Waals surface area contributed by atoms with E-state index in [9.17, 15) is 0 Å². The summed E-state index contributed by atoms with van der Waals surface area (Å²) in [5.74, 6) is 0.793. The van der Waals surface area contributed by atoms with E-state index in [-0.39, 0.29) is 0 Å². The maximum absolute atomic E-state index is 2.57. The monoisotopic (exact) mass is 212 g/mol. The molecule has 0 aromatic heterocycles. The molecule has 0 amide bonds. The van der Waals surface area contributed by atoms with Crippen LogP contribution >= 0.6 is 0 Å². The molecule has 1 saturated carbocycles. The van der Waals surface area contributed by atoms with E-state index in [1.165, 1.54) is 32.2 Å². The summed E-state index contributed by atoms with van der Waals surface area (Å²) in [5.41, 5.74) is 0. The lowest BCUT2D eigenvalue weighted by molar-refractivity contribution is 0.129. The van der Waals surface area contributed by atoms with E-state index in [4.69, 9.17) is 0 Å². The summed E-state index contributed by atoms with van der Waals surface area (Å²) in [4.78, 5) is 4.95. The van der Waals surface area contributed by atoms with Crippen LogP contribution in [0.2, 0.25) is 0 Å². The van der Waals surface area contributed by atoms with Gasteiger partial charge in [0.2, 0.25) is 0 Å². The first-order valence-electron chi connectivity index (χ1n) is 6.37. The van der Waals surface area contributed by atoms with Crippen molar-refractivity contribution < 1.29 is 0 Å². The van der Waals surface area contributed by atoms with Crippen molar-refractivity contribution in [3.05, 3.63) is 0 Å². The standard InChI is InChI=1S/C13H28N2/c1-11(2)10-15(5)13-8-6-12(7-9-13)14(3)4/h11-13H,6-10H2,1-5H3. The van der Waals surface area contributed by atoms with Gasteiger partial charge in [0.25, 0.3) is 0 Å². The van der Waals surface area contributed by atoms with Crippen molar-refractivity contribution in [2.24, 2.45) is 5.92 Å². The van der Waals surface area contributed by atoms with Crippen LogP contribution in [0.25, 0.3) is 0 Å². The molecule has 0 heterocycles. The van der Waals surface area contributed by atoms with Gasteiger partial charge in [0.1, 0.15) is 0 Å². The first-order valence-corrected chi connectivity index (χ1v) is 6.37. The third-order valence-corrected chi connectivity index (χ3v) is 3.67. The van der Waals surface area contributed by atoms with Gasteiger partial charge in [-0.1, -0.05) is 13.8 Å². The highest BCUT2D eigenvalue weighted by Gasteiger charge is 2.24. The smallest absolute Gasteiger partial charge is 0.00934 e. The lowest BCUT2D eigenvalue weighted by atomic mass is 9.89. The van der Waals surface area contributed by atoms with Gasteiger partial charge in [-0.05, 0) is 52.7 Å². The fourth-order valence-electron chi connectivity index (χ4n) is 2.74. The fraction of sp³-hybridized carbons (Fsp3) is 1.00. The fourth-order valence-corrected chi connectivity index (χ4v) is 2.74. The predicted octanol–water partition coefficient (Wildman–Crippen LogP) is 2.45. The van der Waals surface area contributed by atoms with E-state index < -0.39 is 0 Å². The van der Waals surface area contributed by atoms with E-state index in [0.717, 1.165) is 18.0 Å². The molecule has 0 N–H and O–H groups in total. The van der Waals surface area contributed by atoms with Gasteiger partial charge in [0, 0.05) is 18.6 Å². The first-order chi connectivity index (χ1) is 7.00. The van der Waals surface area contributed by atoms with Crippen LogP contribution in [-0.4, -0.2) is 49.6 Å². The molecule has 0 spiro atoms. The maximum Gasteiger partial charge on any atom is 0.00934 e. The quantitative estimate of drug-likeness (QED) is 0.706. The molecule has 1 rings (SSSR count). The second kappa shape index (κ2) is 5.86. The molecular weight excluding hydrogens is 184 g/mol. The summed E-state index contributed by atoms with van der Waals surface area (Å²) in [6, 6.07) is 1.66. The highest BCUT2D eigenvalue weighted by Crippen LogP contribution is 2.25. The summed E-state index contributed by atoms with van der Waals surface area (Å²) < 4.78 is 0. The van der Waals surface area contributed by atoms with Crippen molar-refractivity contribution in [2.45, 2.75) is 51.6 Å². The van der Waals surface area contributed by atoms with Gasteiger partial charge in [0.15, 0.2) is 0 Å². The molecule has 2 heteroatoms. The zero-order chi connectivity index (χ0) is 11.4. The van der Waals surface area contributed by atoms with Crippen LogP contribution in [0.4, 0.5) is 0 Å². The Balaban J connectivity index is 2.30. The maximum atomic E-state index is 2.57. The lowest BCUT2D eigenvalue weighted by Crippen LogP contribution is -2.41.